The van der Waals surface area contributed by atoms with Crippen LogP contribution in [0.1, 0.15) is 5.56 Å². The molecule has 0 spiro atoms. The van der Waals surface area contributed by atoms with Crippen LogP contribution in [0.5, 0.6) is 0 Å². The summed E-state index contributed by atoms with van der Waals surface area (Å²) in [4.78, 5) is 22.7. The quantitative estimate of drug-likeness (QED) is 0.732. The second kappa shape index (κ2) is 9.46. The Labute approximate surface area is 135 Å². The number of benzene rings is 1. The van der Waals surface area contributed by atoms with Gasteiger partial charge in [0, 0.05) is 11.5 Å². The van der Waals surface area contributed by atoms with Crippen molar-refractivity contribution in [1.82, 2.24) is 5.32 Å². The van der Waals surface area contributed by atoms with Crippen molar-refractivity contribution in [3.8, 4) is 0 Å². The molecule has 1 amide bonds. The van der Waals surface area contributed by atoms with Gasteiger partial charge in [-0.3, -0.25) is 0 Å². The highest BCUT2D eigenvalue weighted by atomic mass is 79.9. The molecule has 21 heavy (non-hydrogen) atoms. The van der Waals surface area contributed by atoms with Gasteiger partial charge in [0.2, 0.25) is 0 Å². The van der Waals surface area contributed by atoms with E-state index in [1.165, 1.54) is 11.8 Å². The minimum Gasteiger partial charge on any atom is -0.480 e. The van der Waals surface area contributed by atoms with Crippen LogP contribution in [0.3, 0.4) is 0 Å². The van der Waals surface area contributed by atoms with Crippen LogP contribution in [0.25, 0.3) is 0 Å². The zero-order chi connectivity index (χ0) is 15.7. The van der Waals surface area contributed by atoms with Crippen LogP contribution in [0.15, 0.2) is 41.4 Å². The Bertz CT molecular complexity index is 495. The van der Waals surface area contributed by atoms with Gasteiger partial charge in [0.1, 0.15) is 12.6 Å². The number of thioether (sulfide) groups is 1. The molecule has 1 aromatic rings. The topological polar surface area (TPSA) is 75.6 Å². The van der Waals surface area contributed by atoms with E-state index in [0.29, 0.717) is 5.75 Å². The Kier molecular flexibility index (Phi) is 7.92. The van der Waals surface area contributed by atoms with E-state index < -0.39 is 18.1 Å². The maximum atomic E-state index is 11.6. The van der Waals surface area contributed by atoms with Crippen LogP contribution in [0.4, 0.5) is 4.79 Å². The van der Waals surface area contributed by atoms with Gasteiger partial charge in [-0.25, -0.2) is 9.59 Å². The summed E-state index contributed by atoms with van der Waals surface area (Å²) in [5.74, 6) is -0.287. The zero-order valence-corrected chi connectivity index (χ0v) is 13.7. The first kappa shape index (κ1) is 17.6. The van der Waals surface area contributed by atoms with E-state index in [9.17, 15) is 9.59 Å². The van der Waals surface area contributed by atoms with Crippen molar-refractivity contribution in [2.75, 3.05) is 11.5 Å². The number of alkyl carbamates (subject to hydrolysis) is 1. The molecule has 1 unspecified atom stereocenters. The Hall–Kier alpha value is -1.47. The van der Waals surface area contributed by atoms with Gasteiger partial charge in [0.25, 0.3) is 0 Å². The lowest BCUT2D eigenvalue weighted by Gasteiger charge is -2.14. The molecule has 0 fully saturated rings. The molecular formula is C14H16BrNO4S. The number of nitrogens with one attached hydrogen (secondary N) is 1. The first-order valence-electron chi connectivity index (χ1n) is 6.10. The summed E-state index contributed by atoms with van der Waals surface area (Å²) < 4.78 is 5.75. The molecule has 2 N–H and O–H groups in total. The lowest BCUT2D eigenvalue weighted by atomic mass is 10.2. The Balaban J connectivity index is 2.38. The predicted molar refractivity (Wildman–Crippen MR) is 86.6 cm³/mol. The Morgan fingerprint density at radius 1 is 1.38 bits per heavy atom. The van der Waals surface area contributed by atoms with Gasteiger partial charge in [-0.15, -0.1) is 0 Å². The third kappa shape index (κ3) is 7.77. The highest BCUT2D eigenvalue weighted by Crippen LogP contribution is 2.12. The van der Waals surface area contributed by atoms with E-state index in [-0.39, 0.29) is 12.4 Å². The molecule has 0 saturated heterocycles. The first-order chi connectivity index (χ1) is 9.99. The summed E-state index contributed by atoms with van der Waals surface area (Å²) >= 11 is 4.55. The van der Waals surface area contributed by atoms with Crippen molar-refractivity contribution in [2.24, 2.45) is 0 Å². The van der Waals surface area contributed by atoms with E-state index in [1.807, 2.05) is 30.3 Å². The molecule has 114 valence electrons. The molecule has 0 saturated carbocycles. The number of carboxylic acid groups (broad SMARTS) is 1. The van der Waals surface area contributed by atoms with Crippen molar-refractivity contribution < 1.29 is 19.4 Å². The fourth-order valence-electron chi connectivity index (χ4n) is 1.37. The van der Waals surface area contributed by atoms with Gasteiger partial charge in [-0.1, -0.05) is 52.8 Å². The van der Waals surface area contributed by atoms with Crippen LogP contribution in [-0.4, -0.2) is 34.7 Å². The van der Waals surface area contributed by atoms with Crippen molar-refractivity contribution in [1.29, 1.82) is 0 Å². The smallest absolute Gasteiger partial charge is 0.408 e. The fourth-order valence-corrected chi connectivity index (χ4v) is 2.66. The highest BCUT2D eigenvalue weighted by molar-refractivity contribution is 9.11. The minimum atomic E-state index is -1.10. The van der Waals surface area contributed by atoms with Gasteiger partial charge < -0.3 is 15.2 Å². The number of hydrogen-bond donors (Lipinski definition) is 2. The molecule has 0 radical (unpaired) electrons. The van der Waals surface area contributed by atoms with E-state index in [4.69, 9.17) is 9.84 Å². The average Bonchev–Trinajstić information content (AvgIpc) is 2.44. The summed E-state index contributed by atoms with van der Waals surface area (Å²) in [6.45, 7) is 3.76. The summed E-state index contributed by atoms with van der Waals surface area (Å²) in [6, 6.07) is 8.17. The molecule has 0 bridgehead atoms. The monoisotopic (exact) mass is 373 g/mol. The third-order valence-electron chi connectivity index (χ3n) is 2.35. The molecule has 0 aliphatic heterocycles. The number of ether oxygens (including phenoxy) is 1. The number of halogens is 1. The highest BCUT2D eigenvalue weighted by Gasteiger charge is 2.20. The standard InChI is InChI=1S/C14H16BrNO4S/c1-10(15)8-21-9-12(13(17)18)16-14(19)20-7-11-5-3-2-4-6-11/h2-6,12H,1,7-9H2,(H,16,19)(H,17,18). The SMILES string of the molecule is C=C(Br)CSCC(NC(=O)OCc1ccccc1)C(=O)O. The molecule has 1 aromatic carbocycles. The van der Waals surface area contributed by atoms with Crippen LogP contribution in [0, 0.1) is 0 Å². The van der Waals surface area contributed by atoms with Crippen LogP contribution >= 0.6 is 27.7 Å². The zero-order valence-electron chi connectivity index (χ0n) is 11.3. The molecule has 0 heterocycles. The van der Waals surface area contributed by atoms with Crippen LogP contribution < -0.4 is 5.32 Å². The maximum Gasteiger partial charge on any atom is 0.408 e. The molecule has 7 heteroatoms. The molecule has 0 aliphatic rings. The predicted octanol–water partition coefficient (Wildman–Crippen LogP) is 3.01. The molecule has 1 atom stereocenters. The van der Waals surface area contributed by atoms with E-state index in [1.54, 1.807) is 0 Å². The first-order valence-corrected chi connectivity index (χ1v) is 8.05. The lowest BCUT2D eigenvalue weighted by molar-refractivity contribution is -0.138. The molecule has 0 aromatic heterocycles. The number of rotatable bonds is 8. The van der Waals surface area contributed by atoms with Gasteiger partial charge in [-0.05, 0) is 10.0 Å². The Morgan fingerprint density at radius 3 is 2.62 bits per heavy atom. The molecule has 1 rings (SSSR count). The number of hydrogen-bond acceptors (Lipinski definition) is 4. The van der Waals surface area contributed by atoms with Crippen molar-refractivity contribution >= 4 is 39.8 Å². The maximum absolute atomic E-state index is 11.6. The second-order valence-electron chi connectivity index (χ2n) is 4.13. The molecular weight excluding hydrogens is 358 g/mol. The van der Waals surface area contributed by atoms with Crippen LogP contribution in [-0.2, 0) is 16.1 Å². The number of carboxylic acids is 1. The fraction of sp³-hybridized carbons (Fsp3) is 0.286. The number of aliphatic carboxylic acids is 1. The summed E-state index contributed by atoms with van der Waals surface area (Å²) in [7, 11) is 0. The largest absolute Gasteiger partial charge is 0.480 e. The summed E-state index contributed by atoms with van der Waals surface area (Å²) in [5.41, 5.74) is 0.837. The lowest BCUT2D eigenvalue weighted by Crippen LogP contribution is -2.42. The van der Waals surface area contributed by atoms with E-state index >= 15 is 0 Å². The van der Waals surface area contributed by atoms with Gasteiger partial charge in [-0.2, -0.15) is 11.8 Å². The van der Waals surface area contributed by atoms with Crippen molar-refractivity contribution in [3.05, 3.63) is 47.0 Å². The number of amides is 1. The molecule has 5 nitrogen and oxygen atoms in total. The van der Waals surface area contributed by atoms with Crippen LogP contribution in [0.2, 0.25) is 0 Å². The van der Waals surface area contributed by atoms with Crippen molar-refractivity contribution in [3.63, 3.8) is 0 Å². The number of carbonyl (C=O) groups is 2. The summed E-state index contributed by atoms with van der Waals surface area (Å²) in [5, 5.41) is 11.4. The van der Waals surface area contributed by atoms with Gasteiger partial charge in [0.05, 0.1) is 0 Å². The van der Waals surface area contributed by atoms with E-state index in [0.717, 1.165) is 10.0 Å². The van der Waals surface area contributed by atoms with E-state index in [2.05, 4.69) is 27.8 Å². The average molecular weight is 374 g/mol. The van der Waals surface area contributed by atoms with Gasteiger partial charge in [0.15, 0.2) is 0 Å². The Morgan fingerprint density at radius 2 is 2.05 bits per heavy atom. The molecule has 0 aliphatic carbocycles. The summed E-state index contributed by atoms with van der Waals surface area (Å²) in [6.07, 6.45) is -0.746. The second-order valence-corrected chi connectivity index (χ2v) is 6.28. The number of carbonyl (C=O) groups excluding carboxylic acids is 1. The third-order valence-corrected chi connectivity index (χ3v) is 4.12. The van der Waals surface area contributed by atoms with Gasteiger partial charge >= 0.3 is 12.1 Å². The minimum absolute atomic E-state index is 0.102. The normalized spacial score (nSPS) is 11.5. The van der Waals surface area contributed by atoms with Crippen molar-refractivity contribution in [2.45, 2.75) is 12.6 Å².